The number of hydrogen-bond donors (Lipinski definition) is 1. The molecule has 20 heavy (non-hydrogen) atoms. The van der Waals surface area contributed by atoms with Crippen molar-refractivity contribution in [2.24, 2.45) is 11.8 Å². The van der Waals surface area contributed by atoms with Crippen LogP contribution in [0.1, 0.15) is 11.1 Å². The van der Waals surface area contributed by atoms with Crippen molar-refractivity contribution in [2.75, 3.05) is 32.8 Å². The molecule has 0 aliphatic carbocycles. The van der Waals surface area contributed by atoms with Gasteiger partial charge in [-0.3, -0.25) is 4.79 Å². The van der Waals surface area contributed by atoms with Gasteiger partial charge in [-0.2, -0.15) is 0 Å². The highest BCUT2D eigenvalue weighted by Crippen LogP contribution is 2.26. The van der Waals surface area contributed by atoms with E-state index in [4.69, 9.17) is 4.74 Å². The normalized spacial score (nSPS) is 24.8. The summed E-state index contributed by atoms with van der Waals surface area (Å²) < 4.78 is 5.68. The van der Waals surface area contributed by atoms with Crippen LogP contribution in [-0.2, 0) is 4.79 Å². The smallest absolute Gasteiger partial charge is 0.260 e. The van der Waals surface area contributed by atoms with Gasteiger partial charge < -0.3 is 15.0 Å². The summed E-state index contributed by atoms with van der Waals surface area (Å²) in [5, 5.41) is 3.39. The highest BCUT2D eigenvalue weighted by atomic mass is 16.5. The molecule has 2 atom stereocenters. The fourth-order valence-corrected chi connectivity index (χ4v) is 3.25. The SMILES string of the molecule is Cc1ccc(OCC(=O)N2C[C@H]3CNC[C@H]3C2)c(C)c1. The molecule has 4 nitrogen and oxygen atoms in total. The number of rotatable bonds is 3. The van der Waals surface area contributed by atoms with Gasteiger partial charge >= 0.3 is 0 Å². The van der Waals surface area contributed by atoms with Crippen LogP contribution in [-0.4, -0.2) is 43.6 Å². The third-order valence-corrected chi connectivity index (χ3v) is 4.42. The number of nitrogens with one attached hydrogen (secondary N) is 1. The van der Waals surface area contributed by atoms with Crippen molar-refractivity contribution in [1.82, 2.24) is 10.2 Å². The number of nitrogens with zero attached hydrogens (tertiary/aromatic N) is 1. The molecule has 108 valence electrons. The summed E-state index contributed by atoms with van der Waals surface area (Å²) in [6, 6.07) is 6.03. The van der Waals surface area contributed by atoms with E-state index in [1.165, 1.54) is 5.56 Å². The van der Waals surface area contributed by atoms with E-state index in [2.05, 4.69) is 18.3 Å². The molecule has 1 N–H and O–H groups in total. The summed E-state index contributed by atoms with van der Waals surface area (Å²) in [7, 11) is 0. The van der Waals surface area contributed by atoms with E-state index < -0.39 is 0 Å². The summed E-state index contributed by atoms with van der Waals surface area (Å²) in [6.07, 6.45) is 0. The monoisotopic (exact) mass is 274 g/mol. The molecular formula is C16H22N2O2. The Balaban J connectivity index is 1.54. The summed E-state index contributed by atoms with van der Waals surface area (Å²) >= 11 is 0. The van der Waals surface area contributed by atoms with Crippen molar-refractivity contribution in [2.45, 2.75) is 13.8 Å². The van der Waals surface area contributed by atoms with Crippen LogP contribution in [0.5, 0.6) is 5.75 Å². The first-order valence-electron chi connectivity index (χ1n) is 7.32. The molecule has 0 bridgehead atoms. The molecular weight excluding hydrogens is 252 g/mol. The lowest BCUT2D eigenvalue weighted by Gasteiger charge is -2.18. The molecule has 0 aromatic heterocycles. The third-order valence-electron chi connectivity index (χ3n) is 4.42. The van der Waals surface area contributed by atoms with Crippen molar-refractivity contribution in [3.63, 3.8) is 0 Å². The quantitative estimate of drug-likeness (QED) is 0.905. The van der Waals surface area contributed by atoms with Gasteiger partial charge in [-0.15, -0.1) is 0 Å². The van der Waals surface area contributed by atoms with Crippen LogP contribution in [0.3, 0.4) is 0 Å². The van der Waals surface area contributed by atoms with Crippen molar-refractivity contribution < 1.29 is 9.53 Å². The maximum Gasteiger partial charge on any atom is 0.260 e. The van der Waals surface area contributed by atoms with E-state index >= 15 is 0 Å². The van der Waals surface area contributed by atoms with E-state index in [1.807, 2.05) is 24.0 Å². The number of carbonyl (C=O) groups is 1. The maximum absolute atomic E-state index is 12.2. The zero-order valence-corrected chi connectivity index (χ0v) is 12.2. The predicted octanol–water partition coefficient (Wildman–Crippen LogP) is 1.36. The van der Waals surface area contributed by atoms with Crippen molar-refractivity contribution >= 4 is 5.91 Å². The lowest BCUT2D eigenvalue weighted by molar-refractivity contribution is -0.132. The summed E-state index contributed by atoms with van der Waals surface area (Å²) in [6.45, 7) is 8.08. The van der Waals surface area contributed by atoms with Gasteiger partial charge in [-0.25, -0.2) is 0 Å². The molecule has 2 aliphatic heterocycles. The number of carbonyl (C=O) groups excluding carboxylic acids is 1. The van der Waals surface area contributed by atoms with Crippen LogP contribution in [0.15, 0.2) is 18.2 Å². The lowest BCUT2D eigenvalue weighted by Crippen LogP contribution is -2.35. The molecule has 2 saturated heterocycles. The molecule has 4 heteroatoms. The van der Waals surface area contributed by atoms with E-state index in [1.54, 1.807) is 0 Å². The van der Waals surface area contributed by atoms with Crippen LogP contribution in [0.2, 0.25) is 0 Å². The minimum absolute atomic E-state index is 0.111. The number of ether oxygens (including phenoxy) is 1. The Bertz CT molecular complexity index is 503. The topological polar surface area (TPSA) is 41.6 Å². The average Bonchev–Trinajstić information content (AvgIpc) is 2.98. The largest absolute Gasteiger partial charge is 0.484 e. The Morgan fingerprint density at radius 2 is 2.00 bits per heavy atom. The van der Waals surface area contributed by atoms with Gasteiger partial charge in [0.05, 0.1) is 0 Å². The third kappa shape index (κ3) is 2.66. The number of hydrogen-bond acceptors (Lipinski definition) is 3. The fourth-order valence-electron chi connectivity index (χ4n) is 3.25. The highest BCUT2D eigenvalue weighted by molar-refractivity contribution is 5.78. The summed E-state index contributed by atoms with van der Waals surface area (Å²) in [4.78, 5) is 14.2. The molecule has 0 unspecified atom stereocenters. The number of amides is 1. The fraction of sp³-hybridized carbons (Fsp3) is 0.562. The van der Waals surface area contributed by atoms with Crippen LogP contribution in [0.25, 0.3) is 0 Å². The van der Waals surface area contributed by atoms with Gasteiger partial charge in [0.1, 0.15) is 5.75 Å². The van der Waals surface area contributed by atoms with Crippen LogP contribution in [0, 0.1) is 25.7 Å². The number of likely N-dealkylation sites (tertiary alicyclic amines) is 1. The molecule has 0 saturated carbocycles. The van der Waals surface area contributed by atoms with Crippen LogP contribution >= 0.6 is 0 Å². The van der Waals surface area contributed by atoms with Crippen molar-refractivity contribution in [3.05, 3.63) is 29.3 Å². The predicted molar refractivity (Wildman–Crippen MR) is 77.8 cm³/mol. The molecule has 1 aromatic rings. The van der Waals surface area contributed by atoms with Crippen molar-refractivity contribution in [1.29, 1.82) is 0 Å². The Hall–Kier alpha value is -1.55. The zero-order valence-electron chi connectivity index (χ0n) is 12.2. The van der Waals surface area contributed by atoms with Gasteiger partial charge in [-0.1, -0.05) is 17.7 Å². The second-order valence-corrected chi connectivity index (χ2v) is 6.03. The summed E-state index contributed by atoms with van der Waals surface area (Å²) in [5.74, 6) is 2.20. The minimum atomic E-state index is 0.111. The van der Waals surface area contributed by atoms with Gasteiger partial charge in [0.25, 0.3) is 5.91 Å². The molecule has 0 spiro atoms. The standard InChI is InChI=1S/C16H22N2O2/c1-11-3-4-15(12(2)5-11)20-10-16(19)18-8-13-6-17-7-14(13)9-18/h3-5,13-14,17H,6-10H2,1-2H3/t13-,14+. The Labute approximate surface area is 120 Å². The Kier molecular flexibility index (Phi) is 3.66. The van der Waals surface area contributed by atoms with Crippen LogP contribution < -0.4 is 10.1 Å². The summed E-state index contributed by atoms with van der Waals surface area (Å²) in [5.41, 5.74) is 2.29. The van der Waals surface area contributed by atoms with Crippen molar-refractivity contribution in [3.8, 4) is 5.75 Å². The molecule has 1 aromatic carbocycles. The first-order valence-corrected chi connectivity index (χ1v) is 7.32. The average molecular weight is 274 g/mol. The second-order valence-electron chi connectivity index (χ2n) is 6.03. The van der Waals surface area contributed by atoms with E-state index in [0.717, 1.165) is 37.5 Å². The van der Waals surface area contributed by atoms with Gasteiger partial charge in [0.2, 0.25) is 0 Å². The molecule has 2 fully saturated rings. The van der Waals surface area contributed by atoms with E-state index in [-0.39, 0.29) is 12.5 Å². The maximum atomic E-state index is 12.2. The molecule has 2 heterocycles. The Morgan fingerprint density at radius 1 is 1.30 bits per heavy atom. The second kappa shape index (κ2) is 5.44. The number of aryl methyl sites for hydroxylation is 2. The van der Waals surface area contributed by atoms with Gasteiger partial charge in [0.15, 0.2) is 6.61 Å². The molecule has 2 aliphatic rings. The number of fused-ring (bicyclic) bond motifs is 1. The highest BCUT2D eigenvalue weighted by Gasteiger charge is 2.37. The lowest BCUT2D eigenvalue weighted by atomic mass is 10.0. The zero-order chi connectivity index (χ0) is 14.1. The van der Waals surface area contributed by atoms with E-state index in [0.29, 0.717) is 11.8 Å². The molecule has 3 rings (SSSR count). The minimum Gasteiger partial charge on any atom is -0.484 e. The van der Waals surface area contributed by atoms with Gasteiger partial charge in [-0.05, 0) is 37.3 Å². The Morgan fingerprint density at radius 3 is 2.65 bits per heavy atom. The van der Waals surface area contributed by atoms with Gasteiger partial charge in [0, 0.05) is 26.2 Å². The molecule has 1 amide bonds. The van der Waals surface area contributed by atoms with E-state index in [9.17, 15) is 4.79 Å². The van der Waals surface area contributed by atoms with Crippen LogP contribution in [0.4, 0.5) is 0 Å². The number of benzene rings is 1. The first kappa shape index (κ1) is 13.4. The molecule has 0 radical (unpaired) electrons. The first-order chi connectivity index (χ1) is 9.63.